The molecule has 1 aliphatic heterocycles. The Kier molecular flexibility index (Phi) is 8.17. The van der Waals surface area contributed by atoms with Gasteiger partial charge in [-0.2, -0.15) is 0 Å². The van der Waals surface area contributed by atoms with Gasteiger partial charge in [-0.05, 0) is 81.3 Å². The van der Waals surface area contributed by atoms with Gasteiger partial charge in [-0.15, -0.1) is 0 Å². The summed E-state index contributed by atoms with van der Waals surface area (Å²) < 4.78 is 7.15. The van der Waals surface area contributed by atoms with Gasteiger partial charge < -0.3 is 9.64 Å². The van der Waals surface area contributed by atoms with E-state index in [2.05, 4.69) is 210 Å². The van der Waals surface area contributed by atoms with Crippen molar-refractivity contribution in [3.05, 3.63) is 240 Å². The third kappa shape index (κ3) is 5.99. The fraction of sp³-hybridized carbons (Fsp3) is 0.0189. The number of hydrogen-bond acceptors (Lipinski definition) is 2. The summed E-state index contributed by atoms with van der Waals surface area (Å²) in [6, 6.07) is 67.2. The monoisotopic (exact) mass is 701 g/mol. The van der Waals surface area contributed by atoms with E-state index in [1.165, 1.54) is 16.7 Å². The minimum absolute atomic E-state index is 0.00648. The molecular weight excluding hydrogens is 667 g/mol. The number of para-hydroxylation sites is 2. The van der Waals surface area contributed by atoms with E-state index >= 15 is 0 Å². The molecule has 1 heterocycles. The van der Waals surface area contributed by atoms with Crippen molar-refractivity contribution >= 4 is 33.4 Å². The zero-order valence-corrected chi connectivity index (χ0v) is 30.1. The van der Waals surface area contributed by atoms with Crippen LogP contribution in [0.5, 0.6) is 11.5 Å². The maximum absolute atomic E-state index is 7.15. The van der Waals surface area contributed by atoms with Crippen molar-refractivity contribution in [2.45, 2.75) is 5.92 Å². The van der Waals surface area contributed by atoms with Crippen molar-refractivity contribution in [3.63, 3.8) is 0 Å². The number of allylic oxidation sites excluding steroid dienone is 4. The van der Waals surface area contributed by atoms with E-state index in [0.29, 0.717) is 0 Å². The average molecular weight is 702 g/mol. The van der Waals surface area contributed by atoms with E-state index in [-0.39, 0.29) is 5.92 Å². The minimum Gasteiger partial charge on any atom is -0.456 e. The van der Waals surface area contributed by atoms with Crippen LogP contribution in [0.1, 0.15) is 28.2 Å². The maximum Gasteiger partial charge on any atom is 0.139 e. The van der Waals surface area contributed by atoms with Gasteiger partial charge in [0.1, 0.15) is 11.5 Å². The van der Waals surface area contributed by atoms with Crippen LogP contribution in [0.25, 0.3) is 38.6 Å². The SMILES string of the molecule is C1=C=C(c2ccc(-c3ccc(N(c4ccccc4)c4cc5c6c(cccc6c4)-c4cccc(C(c6ccccc6)c6ccccc6)c4O5)cc3)cc2)C=CC=1. The molecule has 0 bridgehead atoms. The normalized spacial score (nSPS) is 12.3. The lowest BCUT2D eigenvalue weighted by Gasteiger charge is -2.30. The van der Waals surface area contributed by atoms with Gasteiger partial charge in [0.2, 0.25) is 0 Å². The Labute approximate surface area is 321 Å². The molecule has 0 aromatic heterocycles. The molecule has 55 heavy (non-hydrogen) atoms. The predicted octanol–water partition coefficient (Wildman–Crippen LogP) is 14.2. The van der Waals surface area contributed by atoms with Crippen molar-refractivity contribution in [2.75, 3.05) is 4.90 Å². The van der Waals surface area contributed by atoms with Gasteiger partial charge in [0.25, 0.3) is 0 Å². The number of rotatable bonds is 8. The molecule has 1 aliphatic carbocycles. The first-order valence-corrected chi connectivity index (χ1v) is 18.7. The highest BCUT2D eigenvalue weighted by molar-refractivity contribution is 6.06. The van der Waals surface area contributed by atoms with Crippen LogP contribution in [0.2, 0.25) is 0 Å². The number of hydrogen-bond donors (Lipinski definition) is 0. The second-order valence-corrected chi connectivity index (χ2v) is 13.9. The molecule has 0 amide bonds. The van der Waals surface area contributed by atoms with Gasteiger partial charge >= 0.3 is 0 Å². The molecule has 0 atom stereocenters. The molecule has 0 saturated carbocycles. The molecule has 8 aromatic rings. The third-order valence-electron chi connectivity index (χ3n) is 10.6. The van der Waals surface area contributed by atoms with Crippen LogP contribution < -0.4 is 9.64 Å². The first kappa shape index (κ1) is 32.3. The smallest absolute Gasteiger partial charge is 0.139 e. The second kappa shape index (κ2) is 13.9. The Morgan fingerprint density at radius 2 is 1.09 bits per heavy atom. The summed E-state index contributed by atoms with van der Waals surface area (Å²) in [5, 5.41) is 2.26. The number of benzene rings is 8. The maximum atomic E-state index is 7.15. The van der Waals surface area contributed by atoms with Crippen LogP contribution in [-0.2, 0) is 0 Å². The highest BCUT2D eigenvalue weighted by Gasteiger charge is 2.28. The summed E-state index contributed by atoms with van der Waals surface area (Å²) in [6.07, 6.45) is 5.93. The number of anilines is 3. The summed E-state index contributed by atoms with van der Waals surface area (Å²) in [4.78, 5) is 2.32. The van der Waals surface area contributed by atoms with Crippen LogP contribution in [-0.4, -0.2) is 0 Å². The minimum atomic E-state index is 0.00648. The molecule has 2 nitrogen and oxygen atoms in total. The van der Waals surface area contributed by atoms with Gasteiger partial charge in [-0.3, -0.25) is 0 Å². The first-order valence-electron chi connectivity index (χ1n) is 18.7. The van der Waals surface area contributed by atoms with Crippen molar-refractivity contribution in [1.82, 2.24) is 0 Å². The predicted molar refractivity (Wildman–Crippen MR) is 228 cm³/mol. The zero-order chi connectivity index (χ0) is 36.6. The lowest BCUT2D eigenvalue weighted by molar-refractivity contribution is 0.479. The van der Waals surface area contributed by atoms with E-state index in [0.717, 1.165) is 72.7 Å². The lowest BCUT2D eigenvalue weighted by atomic mass is 9.82. The van der Waals surface area contributed by atoms with Gasteiger partial charge in [0.05, 0.1) is 5.69 Å². The lowest BCUT2D eigenvalue weighted by Crippen LogP contribution is -2.11. The summed E-state index contributed by atoms with van der Waals surface area (Å²) >= 11 is 0. The van der Waals surface area contributed by atoms with E-state index < -0.39 is 0 Å². The second-order valence-electron chi connectivity index (χ2n) is 13.9. The molecule has 0 spiro atoms. The largest absolute Gasteiger partial charge is 0.456 e. The molecule has 2 heteroatoms. The van der Waals surface area contributed by atoms with Crippen molar-refractivity contribution in [3.8, 4) is 33.8 Å². The van der Waals surface area contributed by atoms with Crippen LogP contribution in [0.15, 0.2) is 218 Å². The quantitative estimate of drug-likeness (QED) is 0.116. The molecule has 258 valence electrons. The number of ether oxygens (including phenoxy) is 1. The van der Waals surface area contributed by atoms with Gasteiger partial charge in [0, 0.05) is 45.4 Å². The van der Waals surface area contributed by atoms with Crippen LogP contribution in [0.3, 0.4) is 0 Å². The molecule has 0 N–H and O–H groups in total. The van der Waals surface area contributed by atoms with E-state index in [1.54, 1.807) is 0 Å². The van der Waals surface area contributed by atoms with Crippen LogP contribution in [0, 0.1) is 0 Å². The van der Waals surface area contributed by atoms with E-state index in [1.807, 2.05) is 12.2 Å². The Morgan fingerprint density at radius 3 is 1.76 bits per heavy atom. The summed E-state index contributed by atoms with van der Waals surface area (Å²) in [7, 11) is 0. The highest BCUT2D eigenvalue weighted by atomic mass is 16.5. The molecule has 8 aromatic carbocycles. The molecule has 0 radical (unpaired) electrons. The van der Waals surface area contributed by atoms with Crippen molar-refractivity contribution in [2.24, 2.45) is 0 Å². The zero-order valence-electron chi connectivity index (χ0n) is 30.1. The molecule has 0 fully saturated rings. The van der Waals surface area contributed by atoms with Gasteiger partial charge in [0.15, 0.2) is 0 Å². The molecule has 2 aliphatic rings. The van der Waals surface area contributed by atoms with Crippen molar-refractivity contribution in [1.29, 1.82) is 0 Å². The summed E-state index contributed by atoms with van der Waals surface area (Å²) in [5.74, 6) is 1.77. The van der Waals surface area contributed by atoms with Crippen LogP contribution in [0.4, 0.5) is 17.1 Å². The van der Waals surface area contributed by atoms with Crippen molar-refractivity contribution < 1.29 is 4.74 Å². The topological polar surface area (TPSA) is 12.5 Å². The fourth-order valence-corrected chi connectivity index (χ4v) is 8.06. The summed E-state index contributed by atoms with van der Waals surface area (Å²) in [6.45, 7) is 0. The fourth-order valence-electron chi connectivity index (χ4n) is 8.06. The standard InChI is InChI=1S/C53H35NO/c1-5-15-37(16-6-1)38-27-29-39(30-28-38)40-31-33-45(34-32-40)54(44-22-11-4-12-23-44)46-35-43-21-13-24-47-48-25-14-26-49(53(48)55-50(36-46)52(43)47)51(41-17-7-2-8-18-41)42-19-9-3-10-20-42/h1-5,7-15,17-36,51H. The summed E-state index contributed by atoms with van der Waals surface area (Å²) in [5.41, 5.74) is 19.8. The third-order valence-corrected chi connectivity index (χ3v) is 10.6. The first-order chi connectivity index (χ1) is 27.3. The average Bonchev–Trinajstić information content (AvgIpc) is 3.26. The number of fused-ring (bicyclic) bond motifs is 2. The van der Waals surface area contributed by atoms with Gasteiger partial charge in [-0.1, -0.05) is 169 Å². The van der Waals surface area contributed by atoms with Gasteiger partial charge in [-0.25, -0.2) is 0 Å². The highest BCUT2D eigenvalue weighted by Crippen LogP contribution is 2.52. The van der Waals surface area contributed by atoms with Crippen LogP contribution >= 0.6 is 0 Å². The molecular formula is C53H35NO. The molecule has 10 rings (SSSR count). The van der Waals surface area contributed by atoms with E-state index in [9.17, 15) is 0 Å². The Morgan fingerprint density at radius 1 is 0.491 bits per heavy atom. The Bertz CT molecular complexity index is 2780. The number of nitrogens with zero attached hydrogens (tertiary/aromatic N) is 1. The Balaban J connectivity index is 1.07. The molecule has 0 saturated heterocycles. The molecule has 0 unspecified atom stereocenters. The van der Waals surface area contributed by atoms with E-state index in [4.69, 9.17) is 4.74 Å². The Hall–Kier alpha value is -7.34.